The maximum atomic E-state index is 5.34. The van der Waals surface area contributed by atoms with Crippen LogP contribution in [0.2, 0.25) is 0 Å². The van der Waals surface area contributed by atoms with Crippen molar-refractivity contribution in [3.63, 3.8) is 0 Å². The number of hydrogen-bond acceptors (Lipinski definition) is 4. The summed E-state index contributed by atoms with van der Waals surface area (Å²) in [6.07, 6.45) is 4.28. The van der Waals surface area contributed by atoms with E-state index in [0.717, 1.165) is 32.6 Å². The number of nitrogens with one attached hydrogen (secondary N) is 1. The highest BCUT2D eigenvalue weighted by Crippen LogP contribution is 2.21. The molecule has 0 atom stereocenters. The molecular weight excluding hydrogens is 220 g/mol. The minimum atomic E-state index is 0.543. The molecule has 1 aliphatic rings. The second-order valence-electron chi connectivity index (χ2n) is 4.59. The lowest BCUT2D eigenvalue weighted by Crippen LogP contribution is -2.34. The molecule has 1 aliphatic heterocycles. The topological polar surface area (TPSA) is 34.2 Å². The van der Waals surface area contributed by atoms with Crippen molar-refractivity contribution in [1.82, 2.24) is 10.3 Å². The lowest BCUT2D eigenvalue weighted by Gasteiger charge is -2.22. The molecule has 0 aliphatic carbocycles. The van der Waals surface area contributed by atoms with Crippen molar-refractivity contribution >= 4 is 11.3 Å². The summed E-state index contributed by atoms with van der Waals surface area (Å²) in [5, 5.41) is 4.82. The van der Waals surface area contributed by atoms with Crippen molar-refractivity contribution in [2.45, 2.75) is 45.2 Å². The summed E-state index contributed by atoms with van der Waals surface area (Å²) < 4.78 is 5.34. The molecule has 3 nitrogen and oxygen atoms in total. The van der Waals surface area contributed by atoms with E-state index in [1.807, 2.05) is 17.5 Å². The van der Waals surface area contributed by atoms with Crippen LogP contribution in [0.25, 0.3) is 0 Å². The Balaban J connectivity index is 1.79. The quantitative estimate of drug-likeness (QED) is 0.878. The SMILES string of the molecule is CC(C)c1ncc(CNC2CCOCC2)s1. The van der Waals surface area contributed by atoms with Gasteiger partial charge in [0.1, 0.15) is 0 Å². The molecule has 1 saturated heterocycles. The number of rotatable bonds is 4. The van der Waals surface area contributed by atoms with Gasteiger partial charge in [-0.05, 0) is 12.8 Å². The Bertz CT molecular complexity index is 319. The van der Waals surface area contributed by atoms with Crippen LogP contribution in [0.3, 0.4) is 0 Å². The van der Waals surface area contributed by atoms with Crippen LogP contribution in [0.15, 0.2) is 6.20 Å². The molecule has 2 heterocycles. The van der Waals surface area contributed by atoms with Crippen LogP contribution >= 0.6 is 11.3 Å². The van der Waals surface area contributed by atoms with E-state index in [0.29, 0.717) is 12.0 Å². The van der Waals surface area contributed by atoms with Crippen molar-refractivity contribution in [1.29, 1.82) is 0 Å². The van der Waals surface area contributed by atoms with E-state index >= 15 is 0 Å². The molecule has 1 aromatic rings. The zero-order valence-corrected chi connectivity index (χ0v) is 10.8. The van der Waals surface area contributed by atoms with Crippen LogP contribution in [0.4, 0.5) is 0 Å². The van der Waals surface area contributed by atoms with Gasteiger partial charge in [-0.25, -0.2) is 4.98 Å². The molecule has 0 aromatic carbocycles. The van der Waals surface area contributed by atoms with E-state index < -0.39 is 0 Å². The van der Waals surface area contributed by atoms with Crippen LogP contribution in [-0.2, 0) is 11.3 Å². The highest BCUT2D eigenvalue weighted by molar-refractivity contribution is 7.11. The van der Waals surface area contributed by atoms with Crippen molar-refractivity contribution in [2.75, 3.05) is 13.2 Å². The molecule has 1 fully saturated rings. The molecule has 1 aromatic heterocycles. The largest absolute Gasteiger partial charge is 0.381 e. The summed E-state index contributed by atoms with van der Waals surface area (Å²) in [6, 6.07) is 0.623. The molecular formula is C12H20N2OS. The van der Waals surface area contributed by atoms with Gasteiger partial charge in [-0.15, -0.1) is 11.3 Å². The average molecular weight is 240 g/mol. The summed E-state index contributed by atoms with van der Waals surface area (Å²) in [4.78, 5) is 5.78. The van der Waals surface area contributed by atoms with Gasteiger partial charge >= 0.3 is 0 Å². The summed E-state index contributed by atoms with van der Waals surface area (Å²) in [5.41, 5.74) is 0. The molecule has 1 N–H and O–H groups in total. The molecule has 16 heavy (non-hydrogen) atoms. The van der Waals surface area contributed by atoms with Crippen LogP contribution < -0.4 is 5.32 Å². The van der Waals surface area contributed by atoms with Gasteiger partial charge < -0.3 is 10.1 Å². The Hall–Kier alpha value is -0.450. The first-order valence-electron chi connectivity index (χ1n) is 6.01. The Morgan fingerprint density at radius 1 is 1.50 bits per heavy atom. The predicted octanol–water partition coefficient (Wildman–Crippen LogP) is 2.54. The van der Waals surface area contributed by atoms with Gasteiger partial charge in [0.25, 0.3) is 0 Å². The van der Waals surface area contributed by atoms with Gasteiger partial charge in [0.05, 0.1) is 5.01 Å². The van der Waals surface area contributed by atoms with E-state index in [4.69, 9.17) is 4.74 Å². The molecule has 0 saturated carbocycles. The smallest absolute Gasteiger partial charge is 0.0953 e. The second kappa shape index (κ2) is 5.75. The fourth-order valence-corrected chi connectivity index (χ4v) is 2.69. The number of ether oxygens (including phenoxy) is 1. The van der Waals surface area contributed by atoms with Gasteiger partial charge in [0.2, 0.25) is 0 Å². The van der Waals surface area contributed by atoms with Crippen LogP contribution in [0.1, 0.15) is 42.5 Å². The maximum Gasteiger partial charge on any atom is 0.0953 e. The molecule has 0 amide bonds. The van der Waals surface area contributed by atoms with Gasteiger partial charge in [-0.3, -0.25) is 0 Å². The fraction of sp³-hybridized carbons (Fsp3) is 0.750. The molecule has 2 rings (SSSR count). The van der Waals surface area contributed by atoms with Gasteiger partial charge in [-0.2, -0.15) is 0 Å². The zero-order valence-electron chi connectivity index (χ0n) is 10.0. The molecule has 0 bridgehead atoms. The summed E-state index contributed by atoms with van der Waals surface area (Å²) in [7, 11) is 0. The van der Waals surface area contributed by atoms with Crippen molar-refractivity contribution in [3.05, 3.63) is 16.1 Å². The number of thiazole rings is 1. The van der Waals surface area contributed by atoms with Crippen molar-refractivity contribution in [2.24, 2.45) is 0 Å². The predicted molar refractivity (Wildman–Crippen MR) is 66.9 cm³/mol. The first-order valence-corrected chi connectivity index (χ1v) is 6.83. The third-order valence-electron chi connectivity index (χ3n) is 2.85. The Morgan fingerprint density at radius 2 is 2.25 bits per heavy atom. The molecule has 90 valence electrons. The lowest BCUT2D eigenvalue weighted by molar-refractivity contribution is 0.0777. The zero-order chi connectivity index (χ0) is 11.4. The van der Waals surface area contributed by atoms with Crippen molar-refractivity contribution in [3.8, 4) is 0 Å². The van der Waals surface area contributed by atoms with Crippen molar-refractivity contribution < 1.29 is 4.74 Å². The second-order valence-corrected chi connectivity index (χ2v) is 5.73. The van der Waals surface area contributed by atoms with Crippen LogP contribution in [0, 0.1) is 0 Å². The Kier molecular flexibility index (Phi) is 4.32. The van der Waals surface area contributed by atoms with Gasteiger partial charge in [0.15, 0.2) is 0 Å². The highest BCUT2D eigenvalue weighted by atomic mass is 32.1. The third-order valence-corrected chi connectivity index (χ3v) is 4.15. The number of nitrogens with zero attached hydrogens (tertiary/aromatic N) is 1. The maximum absolute atomic E-state index is 5.34. The first kappa shape index (κ1) is 12.0. The van der Waals surface area contributed by atoms with E-state index in [-0.39, 0.29) is 0 Å². The summed E-state index contributed by atoms with van der Waals surface area (Å²) >= 11 is 1.82. The number of hydrogen-bond donors (Lipinski definition) is 1. The van der Waals surface area contributed by atoms with Gasteiger partial charge in [-0.1, -0.05) is 13.8 Å². The highest BCUT2D eigenvalue weighted by Gasteiger charge is 2.13. The molecule has 0 spiro atoms. The number of aromatic nitrogens is 1. The minimum Gasteiger partial charge on any atom is -0.381 e. The Labute approximate surface area is 101 Å². The lowest BCUT2D eigenvalue weighted by atomic mass is 10.1. The van der Waals surface area contributed by atoms with E-state index in [1.165, 1.54) is 9.88 Å². The van der Waals surface area contributed by atoms with E-state index in [9.17, 15) is 0 Å². The normalized spacial score (nSPS) is 18.2. The summed E-state index contributed by atoms with van der Waals surface area (Å²) in [6.45, 7) is 7.13. The van der Waals surface area contributed by atoms with Crippen LogP contribution in [0.5, 0.6) is 0 Å². The summed E-state index contributed by atoms with van der Waals surface area (Å²) in [5.74, 6) is 0.543. The Morgan fingerprint density at radius 3 is 2.88 bits per heavy atom. The first-order chi connectivity index (χ1) is 7.75. The van der Waals surface area contributed by atoms with E-state index in [2.05, 4.69) is 24.1 Å². The van der Waals surface area contributed by atoms with Crippen LogP contribution in [-0.4, -0.2) is 24.2 Å². The standard InChI is InChI=1S/C12H20N2OS/c1-9(2)12-14-8-11(16-12)7-13-10-3-5-15-6-4-10/h8-10,13H,3-7H2,1-2H3. The average Bonchev–Trinajstić information content (AvgIpc) is 2.76. The fourth-order valence-electron chi connectivity index (χ4n) is 1.82. The third kappa shape index (κ3) is 3.27. The van der Waals surface area contributed by atoms with Gasteiger partial charge in [0, 0.05) is 42.8 Å². The molecule has 4 heteroatoms. The molecule has 0 radical (unpaired) electrons. The molecule has 0 unspecified atom stereocenters. The monoisotopic (exact) mass is 240 g/mol. The van der Waals surface area contributed by atoms with E-state index in [1.54, 1.807) is 0 Å². The minimum absolute atomic E-state index is 0.543.